The summed E-state index contributed by atoms with van der Waals surface area (Å²) in [5.74, 6) is -1.12. The van der Waals surface area contributed by atoms with Gasteiger partial charge in [-0.1, -0.05) is 17.4 Å². The summed E-state index contributed by atoms with van der Waals surface area (Å²) >= 11 is 1.06. The molecule has 4 rings (SSSR count). The summed E-state index contributed by atoms with van der Waals surface area (Å²) < 4.78 is 63.9. The molecule has 13 heteroatoms. The zero-order valence-electron chi connectivity index (χ0n) is 16.5. The minimum Gasteiger partial charge on any atom is -0.298 e. The Morgan fingerprint density at radius 1 is 0.939 bits per heavy atom. The van der Waals surface area contributed by atoms with Gasteiger partial charge in [0.25, 0.3) is 15.9 Å². The number of benzene rings is 3. The van der Waals surface area contributed by atoms with Crippen molar-refractivity contribution in [3.05, 3.63) is 78.1 Å². The van der Waals surface area contributed by atoms with Crippen LogP contribution >= 0.6 is 11.3 Å². The van der Waals surface area contributed by atoms with Crippen molar-refractivity contribution in [2.75, 3.05) is 10.0 Å². The number of halogens is 1. The molecule has 0 bridgehead atoms. The van der Waals surface area contributed by atoms with Crippen molar-refractivity contribution >= 4 is 58.3 Å². The monoisotopic (exact) mass is 506 g/mol. The first-order valence-corrected chi connectivity index (χ1v) is 13.0. The Labute approximate surface area is 192 Å². The van der Waals surface area contributed by atoms with Crippen LogP contribution in [0.3, 0.4) is 0 Å². The number of sulfonamides is 2. The van der Waals surface area contributed by atoms with Crippen molar-refractivity contribution in [2.45, 2.75) is 9.79 Å². The van der Waals surface area contributed by atoms with Crippen molar-refractivity contribution in [2.24, 2.45) is 5.14 Å². The third-order valence-electron chi connectivity index (χ3n) is 4.41. The quantitative estimate of drug-likeness (QED) is 0.366. The molecule has 0 aliphatic rings. The number of anilines is 2. The van der Waals surface area contributed by atoms with Crippen molar-refractivity contribution in [1.82, 2.24) is 4.98 Å². The molecule has 0 aliphatic carbocycles. The number of thiazole rings is 1. The van der Waals surface area contributed by atoms with Crippen molar-refractivity contribution < 1.29 is 26.0 Å². The van der Waals surface area contributed by atoms with Crippen LogP contribution in [0.25, 0.3) is 10.2 Å². The standard InChI is InChI=1S/C20H15FN4O5S3/c21-13-4-6-15(7-5-13)33(29,30)25-14-3-1-2-12(10-14)19(26)24-20-23-17-9-8-16(32(22,27)28)11-18(17)31-20/h1-11,25H,(H2,22,27,28)(H,23,24,26). The molecule has 1 amide bonds. The van der Waals surface area contributed by atoms with Crippen LogP contribution in [0.15, 0.2) is 76.5 Å². The van der Waals surface area contributed by atoms with Gasteiger partial charge in [0, 0.05) is 11.3 Å². The average molecular weight is 507 g/mol. The van der Waals surface area contributed by atoms with Gasteiger partial charge in [0.15, 0.2) is 5.13 Å². The molecule has 0 saturated heterocycles. The van der Waals surface area contributed by atoms with Gasteiger partial charge in [-0.3, -0.25) is 14.8 Å². The number of carbonyl (C=O) groups is 1. The number of carbonyl (C=O) groups excluding carboxylic acids is 1. The van der Waals surface area contributed by atoms with E-state index in [1.165, 1.54) is 42.5 Å². The lowest BCUT2D eigenvalue weighted by molar-refractivity contribution is 0.102. The molecule has 0 spiro atoms. The number of amides is 1. The van der Waals surface area contributed by atoms with Crippen molar-refractivity contribution in [1.29, 1.82) is 0 Å². The second-order valence-electron chi connectivity index (χ2n) is 6.79. The minimum absolute atomic E-state index is 0.0716. The molecule has 4 N–H and O–H groups in total. The summed E-state index contributed by atoms with van der Waals surface area (Å²) in [5.41, 5.74) is 0.761. The van der Waals surface area contributed by atoms with E-state index in [4.69, 9.17) is 5.14 Å². The number of nitrogens with two attached hydrogens (primary N) is 1. The number of nitrogens with one attached hydrogen (secondary N) is 2. The van der Waals surface area contributed by atoms with Gasteiger partial charge in [-0.15, -0.1) is 0 Å². The Morgan fingerprint density at radius 3 is 2.33 bits per heavy atom. The van der Waals surface area contributed by atoms with Gasteiger partial charge in [-0.05, 0) is 60.7 Å². The molecule has 0 saturated carbocycles. The molecule has 1 heterocycles. The van der Waals surface area contributed by atoms with Gasteiger partial charge in [0.2, 0.25) is 10.0 Å². The highest BCUT2D eigenvalue weighted by Gasteiger charge is 2.17. The van der Waals surface area contributed by atoms with Gasteiger partial charge < -0.3 is 0 Å². The smallest absolute Gasteiger partial charge is 0.261 e. The van der Waals surface area contributed by atoms with Crippen LogP contribution in [-0.2, 0) is 20.0 Å². The van der Waals surface area contributed by atoms with Crippen LogP contribution in [-0.4, -0.2) is 27.7 Å². The Bertz CT molecular complexity index is 1580. The molecule has 0 fully saturated rings. The predicted octanol–water partition coefficient (Wildman–Crippen LogP) is 3.14. The van der Waals surface area contributed by atoms with Crippen molar-refractivity contribution in [3.63, 3.8) is 0 Å². The second-order valence-corrected chi connectivity index (χ2v) is 11.1. The first-order valence-electron chi connectivity index (χ1n) is 9.14. The Hall–Kier alpha value is -3.39. The fourth-order valence-electron chi connectivity index (χ4n) is 2.86. The summed E-state index contributed by atoms with van der Waals surface area (Å²) in [7, 11) is -7.86. The summed E-state index contributed by atoms with van der Waals surface area (Å²) in [4.78, 5) is 16.7. The van der Waals surface area contributed by atoms with E-state index in [2.05, 4.69) is 15.0 Å². The molecule has 4 aromatic rings. The first-order chi connectivity index (χ1) is 15.5. The fraction of sp³-hybridized carbons (Fsp3) is 0. The van der Waals surface area contributed by atoms with E-state index in [1.807, 2.05) is 0 Å². The third-order valence-corrected chi connectivity index (χ3v) is 7.65. The van der Waals surface area contributed by atoms with E-state index in [0.717, 1.165) is 35.6 Å². The lowest BCUT2D eigenvalue weighted by Gasteiger charge is -2.09. The summed E-state index contributed by atoms with van der Waals surface area (Å²) in [6.07, 6.45) is 0. The molecule has 0 unspecified atom stereocenters. The molecule has 33 heavy (non-hydrogen) atoms. The van der Waals surface area contributed by atoms with Crippen LogP contribution in [0.5, 0.6) is 0 Å². The van der Waals surface area contributed by atoms with Gasteiger partial charge in [-0.25, -0.2) is 31.3 Å². The largest absolute Gasteiger partial charge is 0.298 e. The Balaban J connectivity index is 1.54. The average Bonchev–Trinajstić information content (AvgIpc) is 3.14. The molecular weight excluding hydrogens is 491 g/mol. The first kappa shape index (κ1) is 22.8. The summed E-state index contributed by atoms with van der Waals surface area (Å²) in [5, 5.41) is 7.96. The summed E-state index contributed by atoms with van der Waals surface area (Å²) in [6, 6.07) is 14.3. The molecule has 0 aliphatic heterocycles. The number of aromatic nitrogens is 1. The number of fused-ring (bicyclic) bond motifs is 1. The molecule has 0 atom stereocenters. The van der Waals surface area contributed by atoms with Gasteiger partial charge in [0.05, 0.1) is 20.0 Å². The highest BCUT2D eigenvalue weighted by Crippen LogP contribution is 2.28. The lowest BCUT2D eigenvalue weighted by atomic mass is 10.2. The van der Waals surface area contributed by atoms with Crippen LogP contribution in [0.1, 0.15) is 10.4 Å². The maximum atomic E-state index is 13.1. The second kappa shape index (κ2) is 8.51. The summed E-state index contributed by atoms with van der Waals surface area (Å²) in [6.45, 7) is 0. The zero-order valence-corrected chi connectivity index (χ0v) is 19.0. The number of primary sulfonamides is 1. The highest BCUT2D eigenvalue weighted by molar-refractivity contribution is 7.92. The maximum Gasteiger partial charge on any atom is 0.261 e. The fourth-order valence-corrected chi connectivity index (χ4v) is 5.42. The Morgan fingerprint density at radius 2 is 1.64 bits per heavy atom. The lowest BCUT2D eigenvalue weighted by Crippen LogP contribution is -2.15. The number of hydrogen-bond donors (Lipinski definition) is 3. The topological polar surface area (TPSA) is 148 Å². The molecular formula is C20H15FN4O5S3. The number of rotatable bonds is 6. The Kier molecular flexibility index (Phi) is 5.88. The zero-order chi connectivity index (χ0) is 23.8. The van der Waals surface area contributed by atoms with Crippen molar-refractivity contribution in [3.8, 4) is 0 Å². The van der Waals surface area contributed by atoms with Gasteiger partial charge >= 0.3 is 0 Å². The van der Waals surface area contributed by atoms with Gasteiger partial charge in [0.1, 0.15) is 5.82 Å². The van der Waals surface area contributed by atoms with E-state index >= 15 is 0 Å². The third kappa shape index (κ3) is 5.17. The predicted molar refractivity (Wildman–Crippen MR) is 123 cm³/mol. The molecule has 170 valence electrons. The molecule has 9 nitrogen and oxygen atoms in total. The SMILES string of the molecule is NS(=O)(=O)c1ccc2nc(NC(=O)c3cccc(NS(=O)(=O)c4ccc(F)cc4)c3)sc2c1. The molecule has 3 aromatic carbocycles. The maximum absolute atomic E-state index is 13.1. The van der Waals surface area contributed by atoms with Crippen LogP contribution in [0, 0.1) is 5.82 Å². The number of nitrogens with zero attached hydrogens (tertiary/aromatic N) is 1. The van der Waals surface area contributed by atoms with E-state index in [-0.39, 0.29) is 26.2 Å². The van der Waals surface area contributed by atoms with Gasteiger partial charge in [-0.2, -0.15) is 0 Å². The van der Waals surface area contributed by atoms with Crippen LogP contribution in [0.4, 0.5) is 15.2 Å². The highest BCUT2D eigenvalue weighted by atomic mass is 32.2. The normalized spacial score (nSPS) is 11.9. The van der Waals surface area contributed by atoms with Crippen LogP contribution in [0.2, 0.25) is 0 Å². The van der Waals surface area contributed by atoms with E-state index in [0.29, 0.717) is 10.2 Å². The van der Waals surface area contributed by atoms with E-state index < -0.39 is 31.8 Å². The van der Waals surface area contributed by atoms with E-state index in [1.54, 1.807) is 0 Å². The van der Waals surface area contributed by atoms with Crippen LogP contribution < -0.4 is 15.2 Å². The van der Waals surface area contributed by atoms with E-state index in [9.17, 15) is 26.0 Å². The number of hydrogen-bond acceptors (Lipinski definition) is 7. The minimum atomic E-state index is -3.98. The molecule has 1 aromatic heterocycles. The molecule has 0 radical (unpaired) electrons.